The summed E-state index contributed by atoms with van der Waals surface area (Å²) in [5.74, 6) is -1.11. The zero-order valence-electron chi connectivity index (χ0n) is 20.3. The van der Waals surface area contributed by atoms with E-state index in [1.54, 1.807) is 24.3 Å². The summed E-state index contributed by atoms with van der Waals surface area (Å²) < 4.78 is 0. The molecule has 2 aromatic carbocycles. The van der Waals surface area contributed by atoms with Gasteiger partial charge in [-0.15, -0.1) is 0 Å². The fourth-order valence-corrected chi connectivity index (χ4v) is 5.64. The van der Waals surface area contributed by atoms with Crippen molar-refractivity contribution in [1.82, 2.24) is 9.97 Å². The van der Waals surface area contributed by atoms with Crippen LogP contribution >= 0.6 is 0 Å². The van der Waals surface area contributed by atoms with Gasteiger partial charge in [-0.2, -0.15) is 0 Å². The highest BCUT2D eigenvalue weighted by Gasteiger charge is 2.19. The molecule has 186 valence electrons. The van der Waals surface area contributed by atoms with Gasteiger partial charge in [-0.05, 0) is 79.8 Å². The van der Waals surface area contributed by atoms with Crippen LogP contribution in [-0.2, 0) is 0 Å². The SMILES string of the molecule is O=C(O)c1ccc2c(C3=CCCCC3)c[nH]c2c1.O=C(O)c1ccc2c(C3CCCCC3)c[nH]c2c1. The minimum Gasteiger partial charge on any atom is -0.478 e. The van der Waals surface area contributed by atoms with E-state index in [2.05, 4.69) is 22.2 Å². The molecule has 0 atom stereocenters. The van der Waals surface area contributed by atoms with E-state index in [0.29, 0.717) is 17.0 Å². The fraction of sp³-hybridized carbons (Fsp3) is 0.333. The molecule has 2 heterocycles. The van der Waals surface area contributed by atoms with Gasteiger partial charge < -0.3 is 20.2 Å². The van der Waals surface area contributed by atoms with Crippen LogP contribution in [0.3, 0.4) is 0 Å². The van der Waals surface area contributed by atoms with E-state index in [9.17, 15) is 9.59 Å². The van der Waals surface area contributed by atoms with Crippen molar-refractivity contribution in [2.24, 2.45) is 0 Å². The predicted octanol–water partition coefficient (Wildman–Crippen LogP) is 7.74. The molecule has 0 spiro atoms. The first-order valence-electron chi connectivity index (χ1n) is 12.9. The van der Waals surface area contributed by atoms with E-state index in [-0.39, 0.29) is 0 Å². The largest absolute Gasteiger partial charge is 0.478 e. The maximum Gasteiger partial charge on any atom is 0.335 e. The number of rotatable bonds is 4. The van der Waals surface area contributed by atoms with Gasteiger partial charge in [0.15, 0.2) is 0 Å². The number of aromatic carboxylic acids is 2. The Morgan fingerprint density at radius 2 is 1.39 bits per heavy atom. The minimum atomic E-state index is -0.884. The molecule has 4 N–H and O–H groups in total. The number of H-pyrrole nitrogens is 2. The van der Waals surface area contributed by atoms with Crippen LogP contribution in [0.5, 0.6) is 0 Å². The summed E-state index contributed by atoms with van der Waals surface area (Å²) in [5.41, 5.74) is 6.48. The first-order valence-corrected chi connectivity index (χ1v) is 12.9. The quantitative estimate of drug-likeness (QED) is 0.238. The van der Waals surface area contributed by atoms with Gasteiger partial charge in [0.1, 0.15) is 0 Å². The van der Waals surface area contributed by atoms with Crippen molar-refractivity contribution in [3.63, 3.8) is 0 Å². The van der Waals surface area contributed by atoms with Gasteiger partial charge in [-0.1, -0.05) is 37.5 Å². The molecule has 0 bridgehead atoms. The number of hydrogen-bond donors (Lipinski definition) is 4. The second-order valence-corrected chi connectivity index (χ2v) is 9.89. The number of benzene rings is 2. The van der Waals surface area contributed by atoms with Crippen molar-refractivity contribution < 1.29 is 19.8 Å². The molecule has 2 aliphatic carbocycles. The maximum absolute atomic E-state index is 10.9. The molecular formula is C30H32N2O4. The summed E-state index contributed by atoms with van der Waals surface area (Å²) in [6.45, 7) is 0. The summed E-state index contributed by atoms with van der Waals surface area (Å²) in [5, 5.41) is 20.3. The Labute approximate surface area is 210 Å². The lowest BCUT2D eigenvalue weighted by Gasteiger charge is -2.21. The van der Waals surface area contributed by atoms with Crippen LogP contribution in [0.1, 0.15) is 95.5 Å². The van der Waals surface area contributed by atoms with Crippen LogP contribution in [0.25, 0.3) is 27.4 Å². The van der Waals surface area contributed by atoms with Crippen molar-refractivity contribution in [3.05, 3.63) is 77.1 Å². The van der Waals surface area contributed by atoms with E-state index < -0.39 is 11.9 Å². The van der Waals surface area contributed by atoms with Crippen LogP contribution in [0.4, 0.5) is 0 Å². The smallest absolute Gasteiger partial charge is 0.335 e. The fourth-order valence-electron chi connectivity index (χ4n) is 5.64. The predicted molar refractivity (Wildman–Crippen MR) is 143 cm³/mol. The standard InChI is InChI=1S/C15H17NO2.C15H15NO2/c2*17-15(18)11-6-7-12-13(9-16-14(12)8-11)10-4-2-1-3-5-10/h6-10,16H,1-5H2,(H,17,18);4,6-9,16H,1-3,5H2,(H,17,18). The van der Waals surface area contributed by atoms with Gasteiger partial charge in [0.25, 0.3) is 0 Å². The van der Waals surface area contributed by atoms with Gasteiger partial charge in [0.2, 0.25) is 0 Å². The van der Waals surface area contributed by atoms with Crippen LogP contribution in [-0.4, -0.2) is 32.1 Å². The molecule has 6 heteroatoms. The number of aromatic amines is 2. The Morgan fingerprint density at radius 1 is 0.750 bits per heavy atom. The maximum atomic E-state index is 10.9. The first kappa shape index (κ1) is 23.9. The van der Waals surface area contributed by atoms with Crippen molar-refractivity contribution in [2.75, 3.05) is 0 Å². The summed E-state index contributed by atoms with van der Waals surface area (Å²) in [6.07, 6.45) is 17.6. The van der Waals surface area contributed by atoms with Crippen molar-refractivity contribution in [3.8, 4) is 0 Å². The van der Waals surface area contributed by atoms with Gasteiger partial charge in [0.05, 0.1) is 11.1 Å². The molecule has 2 aliphatic rings. The van der Waals surface area contributed by atoms with Crippen LogP contribution < -0.4 is 0 Å². The second-order valence-electron chi connectivity index (χ2n) is 9.89. The lowest BCUT2D eigenvalue weighted by atomic mass is 9.84. The highest BCUT2D eigenvalue weighted by molar-refractivity contribution is 5.98. The number of carboxylic acid groups (broad SMARTS) is 2. The van der Waals surface area contributed by atoms with E-state index in [1.807, 2.05) is 18.3 Å². The van der Waals surface area contributed by atoms with Crippen molar-refractivity contribution >= 4 is 39.3 Å². The van der Waals surface area contributed by atoms with Crippen LogP contribution in [0.15, 0.2) is 54.9 Å². The zero-order valence-corrected chi connectivity index (χ0v) is 20.3. The molecule has 1 fully saturated rings. The number of carboxylic acids is 2. The minimum absolute atomic E-state index is 0.327. The lowest BCUT2D eigenvalue weighted by Crippen LogP contribution is -2.03. The molecular weight excluding hydrogens is 452 g/mol. The van der Waals surface area contributed by atoms with E-state index in [4.69, 9.17) is 10.2 Å². The average Bonchev–Trinajstić information content (AvgIpc) is 3.53. The average molecular weight is 485 g/mol. The second kappa shape index (κ2) is 10.4. The Bertz CT molecular complexity index is 1440. The third-order valence-electron chi connectivity index (χ3n) is 7.57. The summed E-state index contributed by atoms with van der Waals surface area (Å²) in [6, 6.07) is 10.6. The first-order chi connectivity index (χ1) is 17.5. The van der Waals surface area contributed by atoms with Gasteiger partial charge in [0, 0.05) is 39.8 Å². The molecule has 36 heavy (non-hydrogen) atoms. The monoisotopic (exact) mass is 484 g/mol. The van der Waals surface area contributed by atoms with Crippen molar-refractivity contribution in [2.45, 2.75) is 63.7 Å². The molecule has 0 unspecified atom stereocenters. The highest BCUT2D eigenvalue weighted by Crippen LogP contribution is 2.36. The Hall–Kier alpha value is -3.80. The number of fused-ring (bicyclic) bond motifs is 2. The summed E-state index contributed by atoms with van der Waals surface area (Å²) in [7, 11) is 0. The molecule has 0 radical (unpaired) electrons. The molecule has 6 rings (SSSR count). The molecule has 4 aromatic rings. The van der Waals surface area contributed by atoms with Gasteiger partial charge in [-0.25, -0.2) is 9.59 Å². The van der Waals surface area contributed by atoms with E-state index in [1.165, 1.54) is 67.0 Å². The summed E-state index contributed by atoms with van der Waals surface area (Å²) >= 11 is 0. The number of allylic oxidation sites excluding steroid dienone is 2. The van der Waals surface area contributed by atoms with Gasteiger partial charge >= 0.3 is 11.9 Å². The Morgan fingerprint density at radius 3 is 2.03 bits per heavy atom. The zero-order chi connectivity index (χ0) is 25.1. The third kappa shape index (κ3) is 4.94. The molecule has 0 aliphatic heterocycles. The molecule has 2 aromatic heterocycles. The molecule has 6 nitrogen and oxygen atoms in total. The summed E-state index contributed by atoms with van der Waals surface area (Å²) in [4.78, 5) is 28.3. The van der Waals surface area contributed by atoms with E-state index in [0.717, 1.165) is 29.3 Å². The van der Waals surface area contributed by atoms with Crippen LogP contribution in [0, 0.1) is 0 Å². The number of aromatic nitrogens is 2. The number of nitrogens with one attached hydrogen (secondary N) is 2. The Kier molecular flexibility index (Phi) is 6.94. The Balaban J connectivity index is 0.000000148. The third-order valence-corrected chi connectivity index (χ3v) is 7.57. The lowest BCUT2D eigenvalue weighted by molar-refractivity contribution is 0.0686. The number of hydrogen-bond acceptors (Lipinski definition) is 2. The number of carbonyl (C=O) groups is 2. The molecule has 0 saturated heterocycles. The van der Waals surface area contributed by atoms with E-state index >= 15 is 0 Å². The van der Waals surface area contributed by atoms with Crippen LogP contribution in [0.2, 0.25) is 0 Å². The molecule has 1 saturated carbocycles. The topological polar surface area (TPSA) is 106 Å². The van der Waals surface area contributed by atoms with Crippen molar-refractivity contribution in [1.29, 1.82) is 0 Å². The highest BCUT2D eigenvalue weighted by atomic mass is 16.4. The van der Waals surface area contributed by atoms with Gasteiger partial charge in [-0.3, -0.25) is 0 Å². The molecule has 0 amide bonds. The normalized spacial score (nSPS) is 16.4.